The Bertz CT molecular complexity index is 1390. The predicted octanol–water partition coefficient (Wildman–Crippen LogP) is 1.92. The molecule has 4 N–H and O–H groups in total. The topological polar surface area (TPSA) is 182 Å². The molecular weight excluding hydrogens is 492 g/mol. The van der Waals surface area contributed by atoms with E-state index in [-0.39, 0.29) is 33.8 Å². The van der Waals surface area contributed by atoms with Gasteiger partial charge in [-0.25, -0.2) is 0 Å². The zero-order chi connectivity index (χ0) is 27.0. The number of carbonyl (C=O) groups is 2. The molecule has 1 aliphatic heterocycles. The summed E-state index contributed by atoms with van der Waals surface area (Å²) in [5.74, 6) is -3.14. The second-order valence-corrected chi connectivity index (χ2v) is 8.44. The molecule has 12 nitrogen and oxygen atoms in total. The standard InChI is InChI=1S/C25H24O12/c1-10-21(34-11(2)26)24(35-12(3)27)20(32)25(33-10)37-23-19(31)18-16(30)8-15(29)9-17(18)36-22(23)13-4-6-14(28)7-5-13/h4-10,20-21,24-25,28-30,32H,1-3H3/t10-,20+,21+,24-,25+/m0/s1. The van der Waals surface area contributed by atoms with Crippen LogP contribution < -0.4 is 10.2 Å². The minimum Gasteiger partial charge on any atom is -0.508 e. The van der Waals surface area contributed by atoms with Crippen LogP contribution >= 0.6 is 0 Å². The van der Waals surface area contributed by atoms with Crippen LogP contribution in [0, 0.1) is 0 Å². The van der Waals surface area contributed by atoms with E-state index in [0.717, 1.165) is 26.0 Å². The molecule has 4 rings (SSSR count). The summed E-state index contributed by atoms with van der Waals surface area (Å²) in [6, 6.07) is 7.58. The molecule has 0 unspecified atom stereocenters. The molecule has 1 aromatic heterocycles. The van der Waals surface area contributed by atoms with Crippen LogP contribution in [-0.2, 0) is 23.8 Å². The summed E-state index contributed by atoms with van der Waals surface area (Å²) >= 11 is 0. The highest BCUT2D eigenvalue weighted by molar-refractivity contribution is 5.88. The minimum atomic E-state index is -1.72. The van der Waals surface area contributed by atoms with Gasteiger partial charge in [0.2, 0.25) is 17.5 Å². The lowest BCUT2D eigenvalue weighted by Crippen LogP contribution is -2.61. The van der Waals surface area contributed by atoms with Crippen LogP contribution in [0.2, 0.25) is 0 Å². The van der Waals surface area contributed by atoms with Crippen molar-refractivity contribution in [2.45, 2.75) is 51.5 Å². The maximum absolute atomic E-state index is 13.5. The van der Waals surface area contributed by atoms with Gasteiger partial charge in [0.15, 0.2) is 24.1 Å². The fourth-order valence-corrected chi connectivity index (χ4v) is 4.06. The van der Waals surface area contributed by atoms with Crippen LogP contribution in [0.4, 0.5) is 0 Å². The van der Waals surface area contributed by atoms with E-state index in [1.165, 1.54) is 31.2 Å². The van der Waals surface area contributed by atoms with Gasteiger partial charge < -0.3 is 43.8 Å². The Morgan fingerprint density at radius 2 is 1.54 bits per heavy atom. The van der Waals surface area contributed by atoms with Gasteiger partial charge in [0, 0.05) is 31.5 Å². The van der Waals surface area contributed by atoms with E-state index >= 15 is 0 Å². The van der Waals surface area contributed by atoms with E-state index in [2.05, 4.69) is 0 Å². The highest BCUT2D eigenvalue weighted by Gasteiger charge is 2.49. The van der Waals surface area contributed by atoms with Crippen molar-refractivity contribution in [2.75, 3.05) is 0 Å². The average molecular weight is 516 g/mol. The van der Waals surface area contributed by atoms with Crippen molar-refractivity contribution in [3.63, 3.8) is 0 Å². The first-order valence-electron chi connectivity index (χ1n) is 11.1. The molecule has 0 aliphatic carbocycles. The van der Waals surface area contributed by atoms with Crippen LogP contribution in [0.1, 0.15) is 20.8 Å². The van der Waals surface area contributed by atoms with E-state index in [4.69, 9.17) is 23.4 Å². The van der Waals surface area contributed by atoms with Crippen LogP contribution in [0.3, 0.4) is 0 Å². The lowest BCUT2D eigenvalue weighted by atomic mass is 9.99. The maximum atomic E-state index is 13.5. The van der Waals surface area contributed by atoms with Gasteiger partial charge >= 0.3 is 11.9 Å². The van der Waals surface area contributed by atoms with Crippen molar-refractivity contribution in [3.8, 4) is 34.3 Å². The van der Waals surface area contributed by atoms with Crippen molar-refractivity contribution >= 4 is 22.9 Å². The van der Waals surface area contributed by atoms with Crippen LogP contribution in [-0.4, -0.2) is 63.1 Å². The van der Waals surface area contributed by atoms with Gasteiger partial charge in [-0.2, -0.15) is 0 Å². The number of esters is 2. The quantitative estimate of drug-likeness (QED) is 0.362. The number of aromatic hydroxyl groups is 3. The monoisotopic (exact) mass is 516 g/mol. The van der Waals surface area contributed by atoms with Gasteiger partial charge in [-0.1, -0.05) is 0 Å². The summed E-state index contributed by atoms with van der Waals surface area (Å²) in [6.07, 6.45) is -6.85. The van der Waals surface area contributed by atoms with Crippen molar-refractivity contribution in [3.05, 3.63) is 46.6 Å². The Hall–Kier alpha value is -4.29. The highest BCUT2D eigenvalue weighted by atomic mass is 16.7. The van der Waals surface area contributed by atoms with Gasteiger partial charge in [0.25, 0.3) is 0 Å². The van der Waals surface area contributed by atoms with Gasteiger partial charge in [-0.3, -0.25) is 14.4 Å². The Balaban J connectivity index is 1.83. The van der Waals surface area contributed by atoms with E-state index in [0.29, 0.717) is 0 Å². The third-order valence-electron chi connectivity index (χ3n) is 5.64. The van der Waals surface area contributed by atoms with Crippen LogP contribution in [0.25, 0.3) is 22.3 Å². The fourth-order valence-electron chi connectivity index (χ4n) is 4.06. The summed E-state index contributed by atoms with van der Waals surface area (Å²) in [4.78, 5) is 36.8. The number of carbonyl (C=O) groups excluding carboxylic acids is 2. The number of phenols is 3. The van der Waals surface area contributed by atoms with Crippen LogP contribution in [0.15, 0.2) is 45.6 Å². The van der Waals surface area contributed by atoms with E-state index in [9.17, 15) is 34.8 Å². The van der Waals surface area contributed by atoms with Gasteiger partial charge in [-0.15, -0.1) is 0 Å². The summed E-state index contributed by atoms with van der Waals surface area (Å²) in [6.45, 7) is 3.73. The second kappa shape index (κ2) is 9.99. The number of fused-ring (bicyclic) bond motifs is 1. The molecule has 5 atom stereocenters. The summed E-state index contributed by atoms with van der Waals surface area (Å²) in [7, 11) is 0. The molecule has 0 spiro atoms. The maximum Gasteiger partial charge on any atom is 0.303 e. The summed E-state index contributed by atoms with van der Waals surface area (Å²) < 4.78 is 27.7. The fraction of sp³-hybridized carbons (Fsp3) is 0.320. The first kappa shape index (κ1) is 25.8. The number of aliphatic hydroxyl groups excluding tert-OH is 1. The Labute approximate surface area is 209 Å². The Morgan fingerprint density at radius 1 is 0.919 bits per heavy atom. The first-order chi connectivity index (χ1) is 17.5. The Morgan fingerprint density at radius 3 is 2.16 bits per heavy atom. The van der Waals surface area contributed by atoms with Crippen LogP contribution in [0.5, 0.6) is 23.0 Å². The minimum absolute atomic E-state index is 0.0646. The lowest BCUT2D eigenvalue weighted by molar-refractivity contribution is -0.276. The summed E-state index contributed by atoms with van der Waals surface area (Å²) in [5, 5.41) is 40.5. The normalized spacial score (nSPS) is 23.4. The molecule has 0 radical (unpaired) electrons. The van der Waals surface area contributed by atoms with Crippen molar-refractivity contribution < 1.29 is 53.4 Å². The molecule has 0 saturated carbocycles. The molecule has 2 aromatic carbocycles. The molecule has 12 heteroatoms. The molecule has 196 valence electrons. The number of hydrogen-bond acceptors (Lipinski definition) is 12. The van der Waals surface area contributed by atoms with Crippen molar-refractivity contribution in [1.82, 2.24) is 0 Å². The largest absolute Gasteiger partial charge is 0.508 e. The number of benzene rings is 2. The molecular formula is C25H24O12. The zero-order valence-electron chi connectivity index (χ0n) is 19.9. The third-order valence-corrected chi connectivity index (χ3v) is 5.64. The number of ether oxygens (including phenoxy) is 4. The Kier molecular flexibility index (Phi) is 6.96. The predicted molar refractivity (Wildman–Crippen MR) is 125 cm³/mol. The molecule has 37 heavy (non-hydrogen) atoms. The van der Waals surface area contributed by atoms with E-state index < -0.39 is 59.6 Å². The number of rotatable bonds is 5. The smallest absolute Gasteiger partial charge is 0.303 e. The SMILES string of the molecule is CC(=O)O[C@H]1[C@@H](O)[C@@H](Oc2c(-c3ccc(O)cc3)oc3cc(O)cc(O)c3c2=O)O[C@@H](C)[C@H]1OC(C)=O. The number of aliphatic hydroxyl groups is 1. The lowest BCUT2D eigenvalue weighted by Gasteiger charge is -2.41. The van der Waals surface area contributed by atoms with Gasteiger partial charge in [0.05, 0.1) is 6.10 Å². The third kappa shape index (κ3) is 5.15. The molecule has 2 heterocycles. The molecule has 1 fully saturated rings. The highest BCUT2D eigenvalue weighted by Crippen LogP contribution is 2.37. The molecule has 0 amide bonds. The summed E-state index contributed by atoms with van der Waals surface area (Å²) in [5.41, 5.74) is -0.761. The molecule has 3 aromatic rings. The molecule has 1 saturated heterocycles. The first-order valence-corrected chi connectivity index (χ1v) is 11.1. The van der Waals surface area contributed by atoms with E-state index in [1.807, 2.05) is 0 Å². The number of hydrogen-bond donors (Lipinski definition) is 4. The second-order valence-electron chi connectivity index (χ2n) is 8.44. The van der Waals surface area contributed by atoms with Crippen molar-refractivity contribution in [1.29, 1.82) is 0 Å². The molecule has 0 bridgehead atoms. The average Bonchev–Trinajstić information content (AvgIpc) is 2.80. The van der Waals surface area contributed by atoms with Gasteiger partial charge in [-0.05, 0) is 31.2 Å². The zero-order valence-corrected chi connectivity index (χ0v) is 19.9. The van der Waals surface area contributed by atoms with Crippen molar-refractivity contribution in [2.24, 2.45) is 0 Å². The van der Waals surface area contributed by atoms with Gasteiger partial charge in [0.1, 0.15) is 28.2 Å². The van der Waals surface area contributed by atoms with E-state index in [1.54, 1.807) is 0 Å². The molecule has 1 aliphatic rings. The number of phenolic OH excluding ortho intramolecular Hbond substituents is 3.